The fraction of sp³-hybridized carbons (Fsp3) is 0.333. The molecule has 0 aliphatic heterocycles. The summed E-state index contributed by atoms with van der Waals surface area (Å²) in [5.74, 6) is 0. The molecule has 0 saturated heterocycles. The van der Waals surface area contributed by atoms with Crippen molar-refractivity contribution in [2.75, 3.05) is 6.54 Å². The van der Waals surface area contributed by atoms with Gasteiger partial charge in [0.1, 0.15) is 0 Å². The Balaban J connectivity index is 2.33. The lowest BCUT2D eigenvalue weighted by molar-refractivity contribution is 0.598. The first-order chi connectivity index (χ1) is 9.52. The molecule has 0 aliphatic carbocycles. The molecule has 1 unspecified atom stereocenters. The molecular weight excluding hydrogens is 266 g/mol. The molecule has 20 heavy (non-hydrogen) atoms. The standard InChI is InChI=1S/C18H22ClN/c1-5-20-14(4)15-6-8-16(9-7-15)17-10-13(3)18(19)11-12(17)2/h6-11,14,20H,5H2,1-4H3. The average Bonchev–Trinajstić information content (AvgIpc) is 2.43. The maximum absolute atomic E-state index is 6.17. The van der Waals surface area contributed by atoms with Crippen LogP contribution in [0, 0.1) is 13.8 Å². The highest BCUT2D eigenvalue weighted by Gasteiger charge is 2.07. The highest BCUT2D eigenvalue weighted by atomic mass is 35.5. The monoisotopic (exact) mass is 287 g/mol. The molecule has 1 atom stereocenters. The van der Waals surface area contributed by atoms with Crippen LogP contribution in [0.3, 0.4) is 0 Å². The molecule has 0 aromatic heterocycles. The van der Waals surface area contributed by atoms with Gasteiger partial charge in [0.05, 0.1) is 0 Å². The van der Waals surface area contributed by atoms with E-state index in [9.17, 15) is 0 Å². The van der Waals surface area contributed by atoms with E-state index in [2.05, 4.69) is 56.4 Å². The predicted octanol–water partition coefficient (Wildman–Crippen LogP) is 5.29. The number of benzene rings is 2. The molecule has 0 radical (unpaired) electrons. The first-order valence-electron chi connectivity index (χ1n) is 7.13. The summed E-state index contributed by atoms with van der Waals surface area (Å²) in [6.07, 6.45) is 0. The summed E-state index contributed by atoms with van der Waals surface area (Å²) in [6, 6.07) is 13.4. The SMILES string of the molecule is CCNC(C)c1ccc(-c2cc(C)c(Cl)cc2C)cc1. The molecule has 106 valence electrons. The minimum Gasteiger partial charge on any atom is -0.310 e. The van der Waals surface area contributed by atoms with E-state index in [1.54, 1.807) is 0 Å². The van der Waals surface area contributed by atoms with Gasteiger partial charge in [-0.1, -0.05) is 42.8 Å². The molecule has 2 aromatic carbocycles. The van der Waals surface area contributed by atoms with Gasteiger partial charge in [0.15, 0.2) is 0 Å². The maximum Gasteiger partial charge on any atom is 0.0438 e. The van der Waals surface area contributed by atoms with Gasteiger partial charge in [0, 0.05) is 11.1 Å². The number of hydrogen-bond donors (Lipinski definition) is 1. The van der Waals surface area contributed by atoms with Crippen LogP contribution in [-0.4, -0.2) is 6.54 Å². The van der Waals surface area contributed by atoms with Crippen LogP contribution in [0.15, 0.2) is 36.4 Å². The zero-order valence-corrected chi connectivity index (χ0v) is 13.4. The maximum atomic E-state index is 6.17. The van der Waals surface area contributed by atoms with Gasteiger partial charge in [-0.25, -0.2) is 0 Å². The largest absolute Gasteiger partial charge is 0.310 e. The Bertz CT molecular complexity index is 587. The van der Waals surface area contributed by atoms with E-state index >= 15 is 0 Å². The van der Waals surface area contributed by atoms with Crippen LogP contribution in [0.5, 0.6) is 0 Å². The first-order valence-corrected chi connectivity index (χ1v) is 7.51. The second-order valence-corrected chi connectivity index (χ2v) is 5.72. The fourth-order valence-corrected chi connectivity index (χ4v) is 2.69. The molecule has 1 nitrogen and oxygen atoms in total. The topological polar surface area (TPSA) is 12.0 Å². The number of rotatable bonds is 4. The van der Waals surface area contributed by atoms with Gasteiger partial charge in [-0.3, -0.25) is 0 Å². The number of aryl methyl sites for hydroxylation is 2. The second-order valence-electron chi connectivity index (χ2n) is 5.32. The van der Waals surface area contributed by atoms with Gasteiger partial charge in [-0.2, -0.15) is 0 Å². The van der Waals surface area contributed by atoms with Gasteiger partial charge < -0.3 is 5.32 Å². The summed E-state index contributed by atoms with van der Waals surface area (Å²) in [4.78, 5) is 0. The van der Waals surface area contributed by atoms with Crippen molar-refractivity contribution in [3.8, 4) is 11.1 Å². The molecule has 0 bridgehead atoms. The predicted molar refractivity (Wildman–Crippen MR) is 88.5 cm³/mol. The van der Waals surface area contributed by atoms with Crippen LogP contribution in [-0.2, 0) is 0 Å². The van der Waals surface area contributed by atoms with E-state index in [4.69, 9.17) is 11.6 Å². The zero-order chi connectivity index (χ0) is 14.7. The van der Waals surface area contributed by atoms with Crippen molar-refractivity contribution in [2.45, 2.75) is 33.7 Å². The Hall–Kier alpha value is -1.31. The minimum atomic E-state index is 0.391. The van der Waals surface area contributed by atoms with E-state index < -0.39 is 0 Å². The molecule has 0 amide bonds. The summed E-state index contributed by atoms with van der Waals surface area (Å²) >= 11 is 6.17. The van der Waals surface area contributed by atoms with Gasteiger partial charge in [0.2, 0.25) is 0 Å². The molecule has 2 aromatic rings. The zero-order valence-electron chi connectivity index (χ0n) is 12.6. The molecule has 0 spiro atoms. The van der Waals surface area contributed by atoms with Crippen molar-refractivity contribution in [3.05, 3.63) is 58.1 Å². The van der Waals surface area contributed by atoms with E-state index in [0.717, 1.165) is 17.1 Å². The molecular formula is C18H22ClN. The molecule has 0 aliphatic rings. The Labute approximate surface area is 127 Å². The van der Waals surface area contributed by atoms with E-state index in [1.807, 2.05) is 13.0 Å². The summed E-state index contributed by atoms with van der Waals surface area (Å²) in [5.41, 5.74) is 6.16. The van der Waals surface area contributed by atoms with Crippen LogP contribution in [0.25, 0.3) is 11.1 Å². The summed E-state index contributed by atoms with van der Waals surface area (Å²) < 4.78 is 0. The lowest BCUT2D eigenvalue weighted by atomic mass is 9.96. The van der Waals surface area contributed by atoms with E-state index in [1.165, 1.54) is 22.3 Å². The van der Waals surface area contributed by atoms with Gasteiger partial charge in [-0.15, -0.1) is 0 Å². The lowest BCUT2D eigenvalue weighted by Crippen LogP contribution is -2.17. The fourth-order valence-electron chi connectivity index (χ4n) is 2.47. The Morgan fingerprint density at radius 2 is 1.70 bits per heavy atom. The van der Waals surface area contributed by atoms with Crippen molar-refractivity contribution in [3.63, 3.8) is 0 Å². The minimum absolute atomic E-state index is 0.391. The molecule has 2 rings (SSSR count). The van der Waals surface area contributed by atoms with Gasteiger partial charge >= 0.3 is 0 Å². The Morgan fingerprint density at radius 1 is 1.05 bits per heavy atom. The van der Waals surface area contributed by atoms with Crippen LogP contribution < -0.4 is 5.32 Å². The molecule has 0 heterocycles. The Kier molecular flexibility index (Phi) is 4.85. The molecule has 0 fully saturated rings. The summed E-state index contributed by atoms with van der Waals surface area (Å²) in [7, 11) is 0. The molecule has 2 heteroatoms. The van der Waals surface area contributed by atoms with Crippen LogP contribution in [0.2, 0.25) is 5.02 Å². The Morgan fingerprint density at radius 3 is 2.30 bits per heavy atom. The quantitative estimate of drug-likeness (QED) is 0.805. The van der Waals surface area contributed by atoms with Crippen molar-refractivity contribution in [1.82, 2.24) is 5.32 Å². The summed E-state index contributed by atoms with van der Waals surface area (Å²) in [5, 5.41) is 4.27. The van der Waals surface area contributed by atoms with Crippen molar-refractivity contribution in [2.24, 2.45) is 0 Å². The van der Waals surface area contributed by atoms with Crippen LogP contribution >= 0.6 is 11.6 Å². The average molecular weight is 288 g/mol. The van der Waals surface area contributed by atoms with Gasteiger partial charge in [-0.05, 0) is 67.3 Å². The third-order valence-corrected chi connectivity index (χ3v) is 4.14. The van der Waals surface area contributed by atoms with E-state index in [-0.39, 0.29) is 0 Å². The number of nitrogens with one attached hydrogen (secondary N) is 1. The molecule has 0 saturated carbocycles. The van der Waals surface area contributed by atoms with Gasteiger partial charge in [0.25, 0.3) is 0 Å². The molecule has 1 N–H and O–H groups in total. The first kappa shape index (κ1) is 15.1. The van der Waals surface area contributed by atoms with Crippen molar-refractivity contribution < 1.29 is 0 Å². The highest BCUT2D eigenvalue weighted by molar-refractivity contribution is 6.31. The number of hydrogen-bond acceptors (Lipinski definition) is 1. The number of halogens is 1. The second kappa shape index (κ2) is 6.43. The highest BCUT2D eigenvalue weighted by Crippen LogP contribution is 2.29. The van der Waals surface area contributed by atoms with Crippen LogP contribution in [0.4, 0.5) is 0 Å². The van der Waals surface area contributed by atoms with Crippen molar-refractivity contribution >= 4 is 11.6 Å². The van der Waals surface area contributed by atoms with Crippen LogP contribution in [0.1, 0.15) is 36.6 Å². The smallest absolute Gasteiger partial charge is 0.0438 e. The normalized spacial score (nSPS) is 12.4. The third-order valence-electron chi connectivity index (χ3n) is 3.74. The van der Waals surface area contributed by atoms with E-state index in [0.29, 0.717) is 6.04 Å². The summed E-state index contributed by atoms with van der Waals surface area (Å²) in [6.45, 7) is 9.46. The van der Waals surface area contributed by atoms with Crippen molar-refractivity contribution in [1.29, 1.82) is 0 Å². The third kappa shape index (κ3) is 3.23. The lowest BCUT2D eigenvalue weighted by Gasteiger charge is -2.14.